The first-order valence-corrected chi connectivity index (χ1v) is 4.94. The lowest BCUT2D eigenvalue weighted by Gasteiger charge is -2.14. The van der Waals surface area contributed by atoms with E-state index in [9.17, 15) is 0 Å². The summed E-state index contributed by atoms with van der Waals surface area (Å²) in [4.78, 5) is 0. The number of ether oxygens (including phenoxy) is 1. The zero-order chi connectivity index (χ0) is 8.10. The summed E-state index contributed by atoms with van der Waals surface area (Å²) in [5.41, 5.74) is 0. The summed E-state index contributed by atoms with van der Waals surface area (Å²) in [5, 5.41) is 0. The van der Waals surface area contributed by atoms with Gasteiger partial charge in [-0.2, -0.15) is 0 Å². The van der Waals surface area contributed by atoms with Crippen molar-refractivity contribution in [3.8, 4) is 0 Å². The van der Waals surface area contributed by atoms with Gasteiger partial charge >= 0.3 is 0 Å². The SMILES string of the molecule is CCCC(C)CC1CCCO1. The van der Waals surface area contributed by atoms with Crippen molar-refractivity contribution >= 4 is 0 Å². The van der Waals surface area contributed by atoms with Crippen molar-refractivity contribution in [2.45, 2.75) is 52.1 Å². The van der Waals surface area contributed by atoms with Crippen LogP contribution >= 0.6 is 0 Å². The molecule has 0 spiro atoms. The van der Waals surface area contributed by atoms with E-state index in [2.05, 4.69) is 13.8 Å². The Morgan fingerprint density at radius 2 is 2.36 bits per heavy atom. The van der Waals surface area contributed by atoms with Gasteiger partial charge in [-0.05, 0) is 25.2 Å². The molecule has 0 aliphatic carbocycles. The van der Waals surface area contributed by atoms with Crippen LogP contribution in [0.4, 0.5) is 0 Å². The van der Waals surface area contributed by atoms with Crippen LogP contribution in [0.1, 0.15) is 46.0 Å². The Balaban J connectivity index is 2.08. The van der Waals surface area contributed by atoms with Crippen LogP contribution in [0.25, 0.3) is 0 Å². The molecule has 1 heterocycles. The van der Waals surface area contributed by atoms with Crippen molar-refractivity contribution in [1.82, 2.24) is 0 Å². The van der Waals surface area contributed by atoms with Crippen LogP contribution < -0.4 is 0 Å². The van der Waals surface area contributed by atoms with Crippen LogP contribution in [-0.4, -0.2) is 12.7 Å². The van der Waals surface area contributed by atoms with Gasteiger partial charge in [-0.15, -0.1) is 0 Å². The largest absolute Gasteiger partial charge is 0.378 e. The Bertz CT molecular complexity index is 95.0. The Kier molecular flexibility index (Phi) is 3.92. The molecule has 2 atom stereocenters. The van der Waals surface area contributed by atoms with Gasteiger partial charge in [0, 0.05) is 6.61 Å². The Labute approximate surface area is 70.1 Å². The quantitative estimate of drug-likeness (QED) is 0.608. The molecule has 1 saturated heterocycles. The molecule has 0 N–H and O–H groups in total. The van der Waals surface area contributed by atoms with Gasteiger partial charge in [-0.3, -0.25) is 0 Å². The maximum atomic E-state index is 5.57. The van der Waals surface area contributed by atoms with E-state index in [0.717, 1.165) is 12.5 Å². The van der Waals surface area contributed by atoms with E-state index < -0.39 is 0 Å². The van der Waals surface area contributed by atoms with Crippen molar-refractivity contribution in [3.05, 3.63) is 0 Å². The first kappa shape index (κ1) is 9.05. The summed E-state index contributed by atoms with van der Waals surface area (Å²) < 4.78 is 5.57. The van der Waals surface area contributed by atoms with Crippen molar-refractivity contribution in [3.63, 3.8) is 0 Å². The standard InChI is InChI=1S/C10H20O/c1-3-5-9(2)8-10-6-4-7-11-10/h9-10H,3-8H2,1-2H3. The lowest BCUT2D eigenvalue weighted by molar-refractivity contribution is 0.0905. The minimum atomic E-state index is 0.594. The molecule has 1 fully saturated rings. The van der Waals surface area contributed by atoms with E-state index in [4.69, 9.17) is 4.74 Å². The smallest absolute Gasteiger partial charge is 0.0578 e. The highest BCUT2D eigenvalue weighted by atomic mass is 16.5. The third-order valence-corrected chi connectivity index (χ3v) is 2.47. The van der Waals surface area contributed by atoms with Gasteiger partial charge in [0.05, 0.1) is 6.10 Å². The lowest BCUT2D eigenvalue weighted by atomic mass is 9.97. The molecule has 0 saturated carbocycles. The molecular formula is C10H20O. The summed E-state index contributed by atoms with van der Waals surface area (Å²) in [5.74, 6) is 0.864. The highest BCUT2D eigenvalue weighted by Crippen LogP contribution is 2.21. The first-order chi connectivity index (χ1) is 5.33. The van der Waals surface area contributed by atoms with Crippen molar-refractivity contribution in [1.29, 1.82) is 0 Å². The van der Waals surface area contributed by atoms with Crippen LogP contribution in [0.3, 0.4) is 0 Å². The van der Waals surface area contributed by atoms with Gasteiger partial charge < -0.3 is 4.74 Å². The summed E-state index contributed by atoms with van der Waals surface area (Å²) in [6, 6.07) is 0. The van der Waals surface area contributed by atoms with Crippen LogP contribution in [0, 0.1) is 5.92 Å². The number of rotatable bonds is 4. The average molecular weight is 156 g/mol. The minimum absolute atomic E-state index is 0.594. The fourth-order valence-corrected chi connectivity index (χ4v) is 1.89. The molecule has 1 rings (SSSR count). The molecule has 1 aliphatic rings. The monoisotopic (exact) mass is 156 g/mol. The Morgan fingerprint density at radius 3 is 2.91 bits per heavy atom. The minimum Gasteiger partial charge on any atom is -0.378 e. The molecule has 0 aromatic rings. The van der Waals surface area contributed by atoms with Gasteiger partial charge in [0.1, 0.15) is 0 Å². The van der Waals surface area contributed by atoms with E-state index in [0.29, 0.717) is 6.10 Å². The normalized spacial score (nSPS) is 27.3. The summed E-state index contributed by atoms with van der Waals surface area (Å²) in [7, 11) is 0. The van der Waals surface area contributed by atoms with Crippen LogP contribution in [0.5, 0.6) is 0 Å². The molecule has 1 nitrogen and oxygen atoms in total. The zero-order valence-electron chi connectivity index (χ0n) is 7.81. The molecule has 1 heteroatoms. The van der Waals surface area contributed by atoms with E-state index >= 15 is 0 Å². The lowest BCUT2D eigenvalue weighted by Crippen LogP contribution is -2.10. The molecule has 11 heavy (non-hydrogen) atoms. The molecule has 1 aliphatic heterocycles. The Morgan fingerprint density at radius 1 is 1.55 bits per heavy atom. The van der Waals surface area contributed by atoms with Crippen molar-refractivity contribution in [2.75, 3.05) is 6.61 Å². The maximum Gasteiger partial charge on any atom is 0.0578 e. The van der Waals surface area contributed by atoms with Gasteiger partial charge in [-0.25, -0.2) is 0 Å². The van der Waals surface area contributed by atoms with E-state index in [1.165, 1.54) is 32.1 Å². The molecule has 0 bridgehead atoms. The number of hydrogen-bond acceptors (Lipinski definition) is 1. The predicted molar refractivity (Wildman–Crippen MR) is 47.7 cm³/mol. The topological polar surface area (TPSA) is 9.23 Å². The maximum absolute atomic E-state index is 5.57. The first-order valence-electron chi connectivity index (χ1n) is 4.94. The van der Waals surface area contributed by atoms with Gasteiger partial charge in [-0.1, -0.05) is 26.7 Å². The van der Waals surface area contributed by atoms with Gasteiger partial charge in [0.2, 0.25) is 0 Å². The summed E-state index contributed by atoms with van der Waals surface area (Å²) in [6.45, 7) is 5.60. The second-order valence-corrected chi connectivity index (χ2v) is 3.76. The molecule has 0 aromatic carbocycles. The van der Waals surface area contributed by atoms with Crippen molar-refractivity contribution < 1.29 is 4.74 Å². The van der Waals surface area contributed by atoms with E-state index in [-0.39, 0.29) is 0 Å². The third kappa shape index (κ3) is 3.24. The average Bonchev–Trinajstić information content (AvgIpc) is 2.40. The highest BCUT2D eigenvalue weighted by molar-refractivity contribution is 4.67. The second-order valence-electron chi connectivity index (χ2n) is 3.76. The number of hydrogen-bond donors (Lipinski definition) is 0. The Hall–Kier alpha value is -0.0400. The molecule has 2 unspecified atom stereocenters. The fraction of sp³-hybridized carbons (Fsp3) is 1.00. The summed E-state index contributed by atoms with van der Waals surface area (Å²) in [6.07, 6.45) is 7.13. The van der Waals surface area contributed by atoms with Gasteiger partial charge in [0.25, 0.3) is 0 Å². The molecule has 0 aromatic heterocycles. The zero-order valence-corrected chi connectivity index (χ0v) is 7.81. The van der Waals surface area contributed by atoms with Crippen LogP contribution in [0.2, 0.25) is 0 Å². The predicted octanol–water partition coefficient (Wildman–Crippen LogP) is 2.99. The molecule has 0 radical (unpaired) electrons. The fourth-order valence-electron chi connectivity index (χ4n) is 1.89. The van der Waals surface area contributed by atoms with Gasteiger partial charge in [0.15, 0.2) is 0 Å². The molecular weight excluding hydrogens is 136 g/mol. The van der Waals surface area contributed by atoms with Crippen LogP contribution in [0.15, 0.2) is 0 Å². The second kappa shape index (κ2) is 4.76. The highest BCUT2D eigenvalue weighted by Gasteiger charge is 2.17. The molecule has 66 valence electrons. The van der Waals surface area contributed by atoms with Crippen LogP contribution in [-0.2, 0) is 4.74 Å². The third-order valence-electron chi connectivity index (χ3n) is 2.47. The van der Waals surface area contributed by atoms with E-state index in [1.807, 2.05) is 0 Å². The van der Waals surface area contributed by atoms with Crippen molar-refractivity contribution in [2.24, 2.45) is 5.92 Å². The molecule has 0 amide bonds. The summed E-state index contributed by atoms with van der Waals surface area (Å²) >= 11 is 0. The van der Waals surface area contributed by atoms with E-state index in [1.54, 1.807) is 0 Å².